The molecule has 0 saturated heterocycles. The Kier molecular flexibility index (Phi) is 6.74. The molecule has 4 nitrogen and oxygen atoms in total. The summed E-state index contributed by atoms with van der Waals surface area (Å²) in [5.41, 5.74) is 0.640. The first-order valence-electron chi connectivity index (χ1n) is 7.33. The minimum Gasteiger partial charge on any atom is -0.492 e. The van der Waals surface area contributed by atoms with Crippen molar-refractivity contribution in [3.63, 3.8) is 0 Å². The quantitative estimate of drug-likeness (QED) is 0.708. The fourth-order valence-electron chi connectivity index (χ4n) is 1.95. The summed E-state index contributed by atoms with van der Waals surface area (Å²) < 4.78 is 5.61. The Morgan fingerprint density at radius 2 is 2.17 bits per heavy atom. The molecule has 1 heterocycles. The Morgan fingerprint density at radius 3 is 2.91 bits per heavy atom. The summed E-state index contributed by atoms with van der Waals surface area (Å²) >= 11 is 7.52. The van der Waals surface area contributed by atoms with Crippen molar-refractivity contribution in [2.24, 2.45) is 0 Å². The highest BCUT2D eigenvalue weighted by atomic mass is 35.5. The van der Waals surface area contributed by atoms with Gasteiger partial charge in [-0.1, -0.05) is 24.6 Å². The Bertz CT molecular complexity index is 667. The Labute approximate surface area is 145 Å². The van der Waals surface area contributed by atoms with E-state index in [2.05, 4.69) is 11.9 Å². The van der Waals surface area contributed by atoms with Gasteiger partial charge in [0.15, 0.2) is 0 Å². The van der Waals surface area contributed by atoms with E-state index in [0.717, 1.165) is 10.8 Å². The average Bonchev–Trinajstić information content (AvgIpc) is 2.55. The second kappa shape index (κ2) is 8.79. The number of benzene rings is 1. The maximum atomic E-state index is 12.4. The Hall–Kier alpha value is -1.72. The lowest BCUT2D eigenvalue weighted by atomic mass is 10.2. The van der Waals surface area contributed by atoms with Crippen molar-refractivity contribution in [3.05, 3.63) is 53.2 Å². The molecule has 0 saturated carbocycles. The van der Waals surface area contributed by atoms with Gasteiger partial charge < -0.3 is 9.64 Å². The largest absolute Gasteiger partial charge is 0.492 e. The monoisotopic (exact) mass is 350 g/mol. The number of carbonyl (C=O) groups is 1. The van der Waals surface area contributed by atoms with Crippen LogP contribution in [0.15, 0.2) is 47.6 Å². The molecule has 0 spiro atoms. The van der Waals surface area contributed by atoms with Gasteiger partial charge in [-0.15, -0.1) is 11.8 Å². The van der Waals surface area contributed by atoms with Crippen molar-refractivity contribution in [2.75, 3.05) is 26.0 Å². The normalized spacial score (nSPS) is 10.4. The number of thioether (sulfide) groups is 1. The lowest BCUT2D eigenvalue weighted by Crippen LogP contribution is -2.30. The summed E-state index contributed by atoms with van der Waals surface area (Å²) in [4.78, 5) is 18.3. The fraction of sp³-hybridized carbons (Fsp3) is 0.294. The molecule has 1 aromatic heterocycles. The summed E-state index contributed by atoms with van der Waals surface area (Å²) in [5, 5.41) is 1.49. The molecule has 0 N–H and O–H groups in total. The molecule has 0 aliphatic rings. The molecule has 1 amide bonds. The van der Waals surface area contributed by atoms with E-state index >= 15 is 0 Å². The third kappa shape index (κ3) is 5.44. The zero-order valence-electron chi connectivity index (χ0n) is 13.2. The second-order valence-corrected chi connectivity index (χ2v) is 6.57. The van der Waals surface area contributed by atoms with Gasteiger partial charge in [0.25, 0.3) is 5.91 Å². The second-order valence-electron chi connectivity index (χ2n) is 4.85. The van der Waals surface area contributed by atoms with Crippen LogP contribution in [0, 0.1) is 0 Å². The van der Waals surface area contributed by atoms with Crippen molar-refractivity contribution >= 4 is 29.3 Å². The predicted molar refractivity (Wildman–Crippen MR) is 94.5 cm³/mol. The molecule has 6 heteroatoms. The average molecular weight is 351 g/mol. The molecule has 0 atom stereocenters. The highest BCUT2D eigenvalue weighted by Crippen LogP contribution is 2.18. The molecule has 0 radical (unpaired) electrons. The Morgan fingerprint density at radius 1 is 1.35 bits per heavy atom. The molecular formula is C17H19ClN2O2S. The van der Waals surface area contributed by atoms with Crippen LogP contribution in [-0.4, -0.2) is 41.7 Å². The molecule has 23 heavy (non-hydrogen) atoms. The van der Waals surface area contributed by atoms with Crippen LogP contribution in [0.2, 0.25) is 5.02 Å². The number of carbonyl (C=O) groups excluding carboxylic acids is 1. The minimum atomic E-state index is -0.0416. The Balaban J connectivity index is 1.88. The molecular weight excluding hydrogens is 332 g/mol. The van der Waals surface area contributed by atoms with Gasteiger partial charge in [0.05, 0.1) is 11.6 Å². The molecule has 1 aromatic carbocycles. The maximum Gasteiger partial charge on any atom is 0.253 e. The number of pyridine rings is 1. The summed E-state index contributed by atoms with van der Waals surface area (Å²) in [6.45, 7) is 2.95. The number of ether oxygens (including phenoxy) is 1. The molecule has 0 unspecified atom stereocenters. The third-order valence-electron chi connectivity index (χ3n) is 3.11. The zero-order valence-corrected chi connectivity index (χ0v) is 14.7. The van der Waals surface area contributed by atoms with Crippen LogP contribution in [0.5, 0.6) is 5.75 Å². The maximum absolute atomic E-state index is 12.4. The lowest BCUT2D eigenvalue weighted by Gasteiger charge is -2.18. The van der Waals surface area contributed by atoms with Crippen molar-refractivity contribution in [2.45, 2.75) is 11.9 Å². The van der Waals surface area contributed by atoms with Crippen LogP contribution in [0.1, 0.15) is 17.3 Å². The standard InChI is InChI=1S/C17H19ClN2O2S/c1-3-23-16-11-13(7-8-19-16)17(21)20(2)9-10-22-15-6-4-5-14(18)12-15/h4-8,11-12H,3,9-10H2,1-2H3. The van der Waals surface area contributed by atoms with E-state index in [0.29, 0.717) is 29.5 Å². The van der Waals surface area contributed by atoms with Gasteiger partial charge >= 0.3 is 0 Å². The van der Waals surface area contributed by atoms with Crippen LogP contribution in [0.3, 0.4) is 0 Å². The molecule has 2 aromatic rings. The van der Waals surface area contributed by atoms with Crippen molar-refractivity contribution in [3.8, 4) is 5.75 Å². The van der Waals surface area contributed by atoms with E-state index in [4.69, 9.17) is 16.3 Å². The van der Waals surface area contributed by atoms with Crippen molar-refractivity contribution < 1.29 is 9.53 Å². The van der Waals surface area contributed by atoms with E-state index in [9.17, 15) is 4.79 Å². The molecule has 0 aliphatic heterocycles. The topological polar surface area (TPSA) is 42.4 Å². The van der Waals surface area contributed by atoms with E-state index in [1.807, 2.05) is 18.2 Å². The first kappa shape index (κ1) is 17.6. The molecule has 0 aliphatic carbocycles. The summed E-state index contributed by atoms with van der Waals surface area (Å²) in [6, 6.07) is 10.8. The van der Waals surface area contributed by atoms with Crippen molar-refractivity contribution in [1.82, 2.24) is 9.88 Å². The fourth-order valence-corrected chi connectivity index (χ4v) is 2.77. The van der Waals surface area contributed by atoms with Gasteiger partial charge in [0.2, 0.25) is 0 Å². The number of nitrogens with zero attached hydrogens (tertiary/aromatic N) is 2. The summed E-state index contributed by atoms with van der Waals surface area (Å²) in [6.07, 6.45) is 1.67. The van der Waals surface area contributed by atoms with Crippen molar-refractivity contribution in [1.29, 1.82) is 0 Å². The van der Waals surface area contributed by atoms with E-state index in [1.165, 1.54) is 0 Å². The van der Waals surface area contributed by atoms with E-state index in [1.54, 1.807) is 48.1 Å². The number of likely N-dealkylation sites (N-methyl/N-ethyl adjacent to an activating group) is 1. The SMILES string of the molecule is CCSc1cc(C(=O)N(C)CCOc2cccc(Cl)c2)ccn1. The van der Waals surface area contributed by atoms with Crippen LogP contribution >= 0.6 is 23.4 Å². The van der Waals surface area contributed by atoms with E-state index in [-0.39, 0.29) is 5.91 Å². The van der Waals surface area contributed by atoms with Gasteiger partial charge in [-0.25, -0.2) is 4.98 Å². The summed E-state index contributed by atoms with van der Waals surface area (Å²) in [5.74, 6) is 1.58. The van der Waals surface area contributed by atoms with Gasteiger partial charge in [0.1, 0.15) is 12.4 Å². The number of hydrogen-bond donors (Lipinski definition) is 0. The third-order valence-corrected chi connectivity index (χ3v) is 4.16. The first-order valence-corrected chi connectivity index (χ1v) is 8.69. The lowest BCUT2D eigenvalue weighted by molar-refractivity contribution is 0.0773. The number of amides is 1. The smallest absolute Gasteiger partial charge is 0.253 e. The van der Waals surface area contributed by atoms with Crippen LogP contribution in [0.4, 0.5) is 0 Å². The van der Waals surface area contributed by atoms with Crippen LogP contribution in [0.25, 0.3) is 0 Å². The minimum absolute atomic E-state index is 0.0416. The van der Waals surface area contributed by atoms with Gasteiger partial charge in [0, 0.05) is 23.8 Å². The van der Waals surface area contributed by atoms with Crippen LogP contribution in [-0.2, 0) is 0 Å². The van der Waals surface area contributed by atoms with E-state index < -0.39 is 0 Å². The van der Waals surface area contributed by atoms with Gasteiger partial charge in [-0.05, 0) is 36.1 Å². The zero-order chi connectivity index (χ0) is 16.7. The number of hydrogen-bond acceptors (Lipinski definition) is 4. The molecule has 122 valence electrons. The summed E-state index contributed by atoms with van der Waals surface area (Å²) in [7, 11) is 1.76. The van der Waals surface area contributed by atoms with Crippen LogP contribution < -0.4 is 4.74 Å². The van der Waals surface area contributed by atoms with Gasteiger partial charge in [-0.2, -0.15) is 0 Å². The number of rotatable bonds is 7. The van der Waals surface area contributed by atoms with Gasteiger partial charge in [-0.3, -0.25) is 4.79 Å². The number of aromatic nitrogens is 1. The number of halogens is 1. The highest BCUT2D eigenvalue weighted by Gasteiger charge is 2.12. The highest BCUT2D eigenvalue weighted by molar-refractivity contribution is 7.99. The first-order chi connectivity index (χ1) is 11.1. The molecule has 2 rings (SSSR count). The molecule has 0 bridgehead atoms. The predicted octanol–water partition coefficient (Wildman–Crippen LogP) is 4.00. The molecule has 0 fully saturated rings.